The van der Waals surface area contributed by atoms with Gasteiger partial charge in [-0.2, -0.15) is 0 Å². The molecule has 3 rings (SSSR count). The summed E-state index contributed by atoms with van der Waals surface area (Å²) in [5.41, 5.74) is 1.25. The molecule has 0 aromatic heterocycles. The van der Waals surface area contributed by atoms with Gasteiger partial charge in [-0.1, -0.05) is 24.3 Å². The lowest BCUT2D eigenvalue weighted by Crippen LogP contribution is -2.41. The average Bonchev–Trinajstić information content (AvgIpc) is 2.76. The molecule has 136 valence electrons. The Balaban J connectivity index is 1.63. The number of ether oxygens (including phenoxy) is 1. The summed E-state index contributed by atoms with van der Waals surface area (Å²) < 4.78 is 17.5. The molecule has 2 saturated heterocycles. The molecule has 0 bridgehead atoms. The van der Waals surface area contributed by atoms with Crippen molar-refractivity contribution in [1.29, 1.82) is 0 Å². The van der Waals surface area contributed by atoms with Gasteiger partial charge in [0.25, 0.3) is 0 Å². The molecular weight excluding hydrogens is 317 g/mol. The Bertz CT molecular complexity index is 610. The number of morpholine rings is 1. The number of rotatable bonds is 5. The summed E-state index contributed by atoms with van der Waals surface area (Å²) >= 11 is 0. The van der Waals surface area contributed by atoms with Crippen molar-refractivity contribution >= 4 is 18.4 Å². The lowest BCUT2D eigenvalue weighted by Gasteiger charge is -2.32. The fourth-order valence-corrected chi connectivity index (χ4v) is 3.12. The zero-order valence-corrected chi connectivity index (χ0v) is 15.7. The van der Waals surface area contributed by atoms with Crippen LogP contribution in [0.15, 0.2) is 24.3 Å². The van der Waals surface area contributed by atoms with E-state index in [1.54, 1.807) is 0 Å². The lowest BCUT2D eigenvalue weighted by atomic mass is 9.78. The first-order chi connectivity index (χ1) is 11.8. The minimum atomic E-state index is -0.390. The van der Waals surface area contributed by atoms with Crippen molar-refractivity contribution in [3.05, 3.63) is 29.8 Å². The molecule has 2 aliphatic rings. The van der Waals surface area contributed by atoms with Gasteiger partial charge in [-0.15, -0.1) is 0 Å². The molecule has 1 aromatic rings. The molecule has 2 aliphatic heterocycles. The van der Waals surface area contributed by atoms with Crippen LogP contribution in [0.25, 0.3) is 0 Å². The van der Waals surface area contributed by atoms with Gasteiger partial charge < -0.3 is 14.0 Å². The Morgan fingerprint density at radius 1 is 1.12 bits per heavy atom. The van der Waals surface area contributed by atoms with Crippen LogP contribution in [0.5, 0.6) is 0 Å². The van der Waals surface area contributed by atoms with Crippen LogP contribution in [0.2, 0.25) is 0 Å². The number of hydrogen-bond acceptors (Lipinski definition) is 5. The van der Waals surface area contributed by atoms with Gasteiger partial charge in [0.1, 0.15) is 0 Å². The zero-order valence-electron chi connectivity index (χ0n) is 15.7. The average molecular weight is 345 g/mol. The summed E-state index contributed by atoms with van der Waals surface area (Å²) in [7, 11) is -0.390. The molecule has 2 heterocycles. The molecule has 25 heavy (non-hydrogen) atoms. The molecule has 0 spiro atoms. The van der Waals surface area contributed by atoms with Crippen molar-refractivity contribution in [1.82, 2.24) is 4.90 Å². The SMILES string of the molecule is CC1(C)OB(c2cccc(CC(=O)CN3CCOCC3)c2)OC1(C)C. The first kappa shape index (κ1) is 18.6. The largest absolute Gasteiger partial charge is 0.494 e. The number of carbonyl (C=O) groups excluding carboxylic acids is 1. The number of benzene rings is 1. The molecule has 0 unspecified atom stereocenters. The van der Waals surface area contributed by atoms with Gasteiger partial charge in [0.2, 0.25) is 0 Å². The Labute approximate surface area is 150 Å². The van der Waals surface area contributed by atoms with Crippen LogP contribution in [-0.2, 0) is 25.3 Å². The van der Waals surface area contributed by atoms with E-state index in [2.05, 4.69) is 4.90 Å². The summed E-state index contributed by atoms with van der Waals surface area (Å²) in [6.07, 6.45) is 0.435. The summed E-state index contributed by atoms with van der Waals surface area (Å²) in [4.78, 5) is 14.5. The quantitative estimate of drug-likeness (QED) is 0.756. The minimum Gasteiger partial charge on any atom is -0.399 e. The van der Waals surface area contributed by atoms with E-state index in [1.807, 2.05) is 52.0 Å². The lowest BCUT2D eigenvalue weighted by molar-refractivity contribution is -0.120. The number of Topliss-reactive ketones (excluding diaryl/α,β-unsaturated/α-hetero) is 1. The van der Waals surface area contributed by atoms with E-state index >= 15 is 0 Å². The summed E-state index contributed by atoms with van der Waals surface area (Å²) in [6.45, 7) is 11.8. The Kier molecular flexibility index (Phi) is 5.35. The van der Waals surface area contributed by atoms with E-state index in [4.69, 9.17) is 14.0 Å². The second-order valence-corrected chi connectivity index (χ2v) is 7.94. The van der Waals surface area contributed by atoms with Crippen molar-refractivity contribution in [2.24, 2.45) is 0 Å². The standard InChI is InChI=1S/C19H28BNO4/c1-18(2)19(3,4)25-20(24-18)16-7-5-6-15(12-16)13-17(22)14-21-8-10-23-11-9-21/h5-7,12H,8-11,13-14H2,1-4H3. The highest BCUT2D eigenvalue weighted by molar-refractivity contribution is 6.62. The number of ketones is 1. The first-order valence-electron chi connectivity index (χ1n) is 9.03. The summed E-state index contributed by atoms with van der Waals surface area (Å²) in [6, 6.07) is 7.99. The third-order valence-electron chi connectivity index (χ3n) is 5.38. The maximum Gasteiger partial charge on any atom is 0.494 e. The monoisotopic (exact) mass is 345 g/mol. The van der Waals surface area contributed by atoms with Crippen LogP contribution in [0.3, 0.4) is 0 Å². The minimum absolute atomic E-state index is 0.230. The number of hydrogen-bond donors (Lipinski definition) is 0. The highest BCUT2D eigenvalue weighted by atomic mass is 16.7. The fraction of sp³-hybridized carbons (Fsp3) is 0.632. The molecule has 0 radical (unpaired) electrons. The molecule has 0 atom stereocenters. The number of nitrogens with zero attached hydrogens (tertiary/aromatic N) is 1. The molecule has 0 saturated carbocycles. The third-order valence-corrected chi connectivity index (χ3v) is 5.38. The van der Waals surface area contributed by atoms with E-state index in [-0.39, 0.29) is 24.1 Å². The molecule has 0 N–H and O–H groups in total. The first-order valence-corrected chi connectivity index (χ1v) is 9.03. The zero-order chi connectivity index (χ0) is 18.1. The highest BCUT2D eigenvalue weighted by Crippen LogP contribution is 2.36. The van der Waals surface area contributed by atoms with E-state index in [0.29, 0.717) is 26.2 Å². The Morgan fingerprint density at radius 3 is 2.40 bits per heavy atom. The van der Waals surface area contributed by atoms with Crippen molar-refractivity contribution in [3.8, 4) is 0 Å². The van der Waals surface area contributed by atoms with Crippen LogP contribution < -0.4 is 5.46 Å². The summed E-state index contributed by atoms with van der Waals surface area (Å²) in [5.74, 6) is 0.230. The van der Waals surface area contributed by atoms with Crippen molar-refractivity contribution in [2.75, 3.05) is 32.8 Å². The smallest absolute Gasteiger partial charge is 0.399 e. The van der Waals surface area contributed by atoms with Gasteiger partial charge in [0.15, 0.2) is 5.78 Å². The number of carbonyl (C=O) groups is 1. The topological polar surface area (TPSA) is 48.0 Å². The molecule has 0 amide bonds. The molecule has 0 aliphatic carbocycles. The highest BCUT2D eigenvalue weighted by Gasteiger charge is 2.51. The fourth-order valence-electron chi connectivity index (χ4n) is 3.12. The van der Waals surface area contributed by atoms with Gasteiger partial charge >= 0.3 is 7.12 Å². The third kappa shape index (κ3) is 4.32. The molecular formula is C19H28BNO4. The van der Waals surface area contributed by atoms with E-state index < -0.39 is 0 Å². The molecule has 1 aromatic carbocycles. The van der Waals surface area contributed by atoms with Crippen molar-refractivity contribution < 1.29 is 18.8 Å². The predicted molar refractivity (Wildman–Crippen MR) is 98.1 cm³/mol. The van der Waals surface area contributed by atoms with E-state index in [1.165, 1.54) is 0 Å². The molecule has 2 fully saturated rings. The van der Waals surface area contributed by atoms with Crippen molar-refractivity contribution in [2.45, 2.75) is 45.3 Å². The van der Waals surface area contributed by atoms with E-state index in [0.717, 1.165) is 24.1 Å². The summed E-state index contributed by atoms with van der Waals surface area (Å²) in [5, 5.41) is 0. The van der Waals surface area contributed by atoms with Gasteiger partial charge in [0, 0.05) is 19.5 Å². The maximum absolute atomic E-state index is 12.4. The van der Waals surface area contributed by atoms with Crippen LogP contribution >= 0.6 is 0 Å². The maximum atomic E-state index is 12.4. The van der Waals surface area contributed by atoms with Crippen LogP contribution in [0.4, 0.5) is 0 Å². The van der Waals surface area contributed by atoms with E-state index in [9.17, 15) is 4.79 Å². The Hall–Kier alpha value is -1.21. The van der Waals surface area contributed by atoms with Gasteiger partial charge in [-0.3, -0.25) is 9.69 Å². The van der Waals surface area contributed by atoms with Crippen LogP contribution in [-0.4, -0.2) is 61.9 Å². The second kappa shape index (κ2) is 7.19. The van der Waals surface area contributed by atoms with Crippen LogP contribution in [0.1, 0.15) is 33.3 Å². The van der Waals surface area contributed by atoms with Gasteiger partial charge in [-0.05, 0) is 38.7 Å². The molecule has 6 heteroatoms. The van der Waals surface area contributed by atoms with Crippen LogP contribution in [0, 0.1) is 0 Å². The predicted octanol–water partition coefficient (Wildman–Crippen LogP) is 1.43. The van der Waals surface area contributed by atoms with Gasteiger partial charge in [-0.25, -0.2) is 0 Å². The van der Waals surface area contributed by atoms with Crippen molar-refractivity contribution in [3.63, 3.8) is 0 Å². The van der Waals surface area contributed by atoms with Gasteiger partial charge in [0.05, 0.1) is 31.0 Å². The Morgan fingerprint density at radius 2 is 1.76 bits per heavy atom. The second-order valence-electron chi connectivity index (χ2n) is 7.94. The molecule has 5 nitrogen and oxygen atoms in total. The normalized spacial score (nSPS) is 23.0.